The number of benzene rings is 1. The summed E-state index contributed by atoms with van der Waals surface area (Å²) in [4.78, 5) is 15.2. The maximum Gasteiger partial charge on any atom is 0.335 e. The zero-order valence-corrected chi connectivity index (χ0v) is 10.7. The highest BCUT2D eigenvalue weighted by atomic mass is 32.1. The maximum atomic E-state index is 10.8. The van der Waals surface area contributed by atoms with Gasteiger partial charge < -0.3 is 14.6 Å². The van der Waals surface area contributed by atoms with Gasteiger partial charge in [-0.2, -0.15) is 0 Å². The van der Waals surface area contributed by atoms with Crippen molar-refractivity contribution in [3.05, 3.63) is 28.8 Å². The first-order chi connectivity index (χ1) is 8.70. The van der Waals surface area contributed by atoms with Crippen LogP contribution < -0.4 is 0 Å². The molecule has 0 saturated heterocycles. The maximum absolute atomic E-state index is 10.8. The van der Waals surface area contributed by atoms with E-state index in [1.54, 1.807) is 25.3 Å². The van der Waals surface area contributed by atoms with Gasteiger partial charge in [0.15, 0.2) is 0 Å². The summed E-state index contributed by atoms with van der Waals surface area (Å²) in [5.41, 5.74) is 1.08. The third-order valence-electron chi connectivity index (χ3n) is 2.34. The molecule has 0 atom stereocenters. The Kier molecular flexibility index (Phi) is 4.24. The zero-order valence-electron chi connectivity index (χ0n) is 9.88. The molecule has 0 unspecified atom stereocenters. The van der Waals surface area contributed by atoms with Gasteiger partial charge in [-0.05, 0) is 18.2 Å². The number of nitrogens with zero attached hydrogens (tertiary/aromatic N) is 1. The molecular formula is C12H13NO4S. The summed E-state index contributed by atoms with van der Waals surface area (Å²) in [6.45, 7) is 1.49. The Morgan fingerprint density at radius 1 is 1.44 bits per heavy atom. The van der Waals surface area contributed by atoms with Crippen molar-refractivity contribution in [2.24, 2.45) is 0 Å². The smallest absolute Gasteiger partial charge is 0.335 e. The van der Waals surface area contributed by atoms with E-state index in [1.165, 1.54) is 11.3 Å². The molecule has 0 amide bonds. The molecule has 2 aromatic rings. The van der Waals surface area contributed by atoms with E-state index >= 15 is 0 Å². The third kappa shape index (κ3) is 3.04. The third-order valence-corrected chi connectivity index (χ3v) is 3.33. The van der Waals surface area contributed by atoms with Crippen molar-refractivity contribution in [1.82, 2.24) is 4.98 Å². The lowest BCUT2D eigenvalue weighted by atomic mass is 10.2. The van der Waals surface area contributed by atoms with Crippen LogP contribution in [0.15, 0.2) is 18.2 Å². The summed E-state index contributed by atoms with van der Waals surface area (Å²) < 4.78 is 11.1. The van der Waals surface area contributed by atoms with Gasteiger partial charge in [0.2, 0.25) is 0 Å². The van der Waals surface area contributed by atoms with Crippen molar-refractivity contribution in [2.75, 3.05) is 20.3 Å². The molecule has 0 fully saturated rings. The Bertz CT molecular complexity index is 552. The number of hydrogen-bond donors (Lipinski definition) is 1. The molecule has 0 saturated carbocycles. The van der Waals surface area contributed by atoms with Gasteiger partial charge in [-0.1, -0.05) is 0 Å². The number of carboxylic acids is 1. The molecular weight excluding hydrogens is 254 g/mol. The number of carbonyl (C=O) groups is 1. The van der Waals surface area contributed by atoms with Crippen LogP contribution in [0.5, 0.6) is 0 Å². The molecule has 96 valence electrons. The van der Waals surface area contributed by atoms with E-state index in [-0.39, 0.29) is 5.56 Å². The molecule has 1 N–H and O–H groups in total. The topological polar surface area (TPSA) is 68.7 Å². The van der Waals surface area contributed by atoms with Gasteiger partial charge in [-0.15, -0.1) is 11.3 Å². The highest BCUT2D eigenvalue weighted by Crippen LogP contribution is 2.23. The standard InChI is InChI=1S/C12H13NO4S/c1-16-4-5-17-7-11-13-9-3-2-8(12(14)15)6-10(9)18-11/h2-3,6H,4-5,7H2,1H3,(H,14,15). The van der Waals surface area contributed by atoms with Gasteiger partial charge in [0.05, 0.1) is 35.6 Å². The second-order valence-corrected chi connectivity index (χ2v) is 4.76. The van der Waals surface area contributed by atoms with Crippen LogP contribution in [0.1, 0.15) is 15.4 Å². The fourth-order valence-electron chi connectivity index (χ4n) is 1.47. The Hall–Kier alpha value is -1.50. The quantitative estimate of drug-likeness (QED) is 0.812. The number of aromatic carboxylic acids is 1. The van der Waals surface area contributed by atoms with E-state index in [0.29, 0.717) is 19.8 Å². The summed E-state index contributed by atoms with van der Waals surface area (Å²) in [5, 5.41) is 9.73. The molecule has 18 heavy (non-hydrogen) atoms. The van der Waals surface area contributed by atoms with E-state index in [9.17, 15) is 4.79 Å². The lowest BCUT2D eigenvalue weighted by Crippen LogP contribution is -2.01. The predicted molar refractivity (Wildman–Crippen MR) is 68.1 cm³/mol. The Morgan fingerprint density at radius 3 is 3.00 bits per heavy atom. The number of methoxy groups -OCH3 is 1. The molecule has 1 aromatic carbocycles. The van der Waals surface area contributed by atoms with Crippen molar-refractivity contribution < 1.29 is 19.4 Å². The summed E-state index contributed by atoms with van der Waals surface area (Å²) in [7, 11) is 1.62. The van der Waals surface area contributed by atoms with Gasteiger partial charge in [0.25, 0.3) is 0 Å². The fraction of sp³-hybridized carbons (Fsp3) is 0.333. The zero-order chi connectivity index (χ0) is 13.0. The van der Waals surface area contributed by atoms with E-state index in [4.69, 9.17) is 14.6 Å². The highest BCUT2D eigenvalue weighted by Gasteiger charge is 2.08. The average Bonchev–Trinajstić information content (AvgIpc) is 2.76. The molecule has 0 spiro atoms. The van der Waals surface area contributed by atoms with Gasteiger partial charge in [-0.25, -0.2) is 9.78 Å². The summed E-state index contributed by atoms with van der Waals surface area (Å²) in [6, 6.07) is 4.90. The number of carboxylic acid groups (broad SMARTS) is 1. The van der Waals surface area contributed by atoms with E-state index < -0.39 is 5.97 Å². The van der Waals surface area contributed by atoms with Gasteiger partial charge >= 0.3 is 5.97 Å². The molecule has 0 aliphatic rings. The molecule has 0 aliphatic heterocycles. The van der Waals surface area contributed by atoms with Crippen LogP contribution in [0.2, 0.25) is 0 Å². The van der Waals surface area contributed by atoms with Gasteiger partial charge in [0, 0.05) is 7.11 Å². The van der Waals surface area contributed by atoms with Crippen molar-refractivity contribution >= 4 is 27.5 Å². The van der Waals surface area contributed by atoms with Crippen LogP contribution >= 0.6 is 11.3 Å². The Balaban J connectivity index is 2.09. The first-order valence-corrected chi connectivity index (χ1v) is 6.22. The van der Waals surface area contributed by atoms with Crippen LogP contribution in [0.4, 0.5) is 0 Å². The number of fused-ring (bicyclic) bond motifs is 1. The second-order valence-electron chi connectivity index (χ2n) is 3.64. The second kappa shape index (κ2) is 5.90. The number of aromatic nitrogens is 1. The van der Waals surface area contributed by atoms with Crippen LogP contribution in [-0.2, 0) is 16.1 Å². The number of hydrogen-bond acceptors (Lipinski definition) is 5. The molecule has 1 heterocycles. The van der Waals surface area contributed by atoms with Gasteiger partial charge in [-0.3, -0.25) is 0 Å². The normalized spacial score (nSPS) is 10.9. The van der Waals surface area contributed by atoms with Crippen LogP contribution in [0.25, 0.3) is 10.2 Å². The van der Waals surface area contributed by atoms with E-state index in [2.05, 4.69) is 4.98 Å². The van der Waals surface area contributed by atoms with Crippen molar-refractivity contribution in [2.45, 2.75) is 6.61 Å². The summed E-state index contributed by atoms with van der Waals surface area (Å²) in [5.74, 6) is -0.928. The molecule has 0 aliphatic carbocycles. The van der Waals surface area contributed by atoms with Gasteiger partial charge in [0.1, 0.15) is 5.01 Å². The number of rotatable bonds is 6. The average molecular weight is 267 g/mol. The summed E-state index contributed by atoms with van der Waals surface area (Å²) in [6.07, 6.45) is 0. The Morgan fingerprint density at radius 2 is 2.28 bits per heavy atom. The first kappa shape index (κ1) is 12.9. The Labute approximate surface area is 108 Å². The number of ether oxygens (including phenoxy) is 2. The monoisotopic (exact) mass is 267 g/mol. The molecule has 0 radical (unpaired) electrons. The van der Waals surface area contributed by atoms with Crippen LogP contribution in [0, 0.1) is 0 Å². The largest absolute Gasteiger partial charge is 0.478 e. The van der Waals surface area contributed by atoms with Crippen molar-refractivity contribution in [3.8, 4) is 0 Å². The molecule has 6 heteroatoms. The fourth-order valence-corrected chi connectivity index (χ4v) is 2.41. The molecule has 2 rings (SSSR count). The van der Waals surface area contributed by atoms with E-state index in [1.807, 2.05) is 0 Å². The van der Waals surface area contributed by atoms with Crippen molar-refractivity contribution in [1.29, 1.82) is 0 Å². The number of thiazole rings is 1. The minimum atomic E-state index is -0.928. The lowest BCUT2D eigenvalue weighted by Gasteiger charge is -1.99. The lowest BCUT2D eigenvalue weighted by molar-refractivity contribution is 0.0616. The van der Waals surface area contributed by atoms with Crippen molar-refractivity contribution in [3.63, 3.8) is 0 Å². The highest BCUT2D eigenvalue weighted by molar-refractivity contribution is 7.18. The molecule has 5 nitrogen and oxygen atoms in total. The molecule has 0 bridgehead atoms. The SMILES string of the molecule is COCCOCc1nc2ccc(C(=O)O)cc2s1. The minimum Gasteiger partial charge on any atom is -0.478 e. The van der Waals surface area contributed by atoms with E-state index in [0.717, 1.165) is 15.2 Å². The predicted octanol–water partition coefficient (Wildman–Crippen LogP) is 2.16. The first-order valence-electron chi connectivity index (χ1n) is 5.40. The summed E-state index contributed by atoms with van der Waals surface area (Å²) >= 11 is 1.45. The molecule has 1 aromatic heterocycles. The van der Waals surface area contributed by atoms with Crippen LogP contribution in [-0.4, -0.2) is 36.4 Å². The minimum absolute atomic E-state index is 0.276. The van der Waals surface area contributed by atoms with Crippen LogP contribution in [0.3, 0.4) is 0 Å².